The Morgan fingerprint density at radius 1 is 1.00 bits per heavy atom. The molecule has 0 N–H and O–H groups in total. The van der Waals surface area contributed by atoms with Crippen LogP contribution in [0.15, 0.2) is 53.9 Å². The second-order valence-corrected chi connectivity index (χ2v) is 5.92. The third-order valence-corrected chi connectivity index (χ3v) is 4.26. The van der Waals surface area contributed by atoms with Crippen molar-refractivity contribution in [2.45, 2.75) is 20.5 Å². The molecule has 0 atom stereocenters. The molecule has 2 nitrogen and oxygen atoms in total. The van der Waals surface area contributed by atoms with Crippen molar-refractivity contribution in [3.05, 3.63) is 70.7 Å². The van der Waals surface area contributed by atoms with Crippen LogP contribution in [0.4, 0.5) is 0 Å². The van der Waals surface area contributed by atoms with Crippen LogP contribution in [0.2, 0.25) is 0 Å². The highest BCUT2D eigenvalue weighted by molar-refractivity contribution is 7.13. The molecule has 1 heterocycles. The maximum atomic E-state index is 5.84. The van der Waals surface area contributed by atoms with Gasteiger partial charge in [-0.3, -0.25) is 0 Å². The van der Waals surface area contributed by atoms with Gasteiger partial charge in [0.05, 0.1) is 5.69 Å². The zero-order valence-electron chi connectivity index (χ0n) is 12.2. The highest BCUT2D eigenvalue weighted by Gasteiger charge is 2.06. The molecule has 1 aromatic heterocycles. The van der Waals surface area contributed by atoms with E-state index in [4.69, 9.17) is 4.74 Å². The Hall–Kier alpha value is -2.13. The average Bonchev–Trinajstić information content (AvgIpc) is 2.96. The van der Waals surface area contributed by atoms with Crippen molar-refractivity contribution >= 4 is 11.3 Å². The van der Waals surface area contributed by atoms with Gasteiger partial charge in [0.2, 0.25) is 0 Å². The molecule has 2 aromatic carbocycles. The molecular weight excluding hydrogens is 278 g/mol. The Morgan fingerprint density at radius 2 is 1.76 bits per heavy atom. The summed E-state index contributed by atoms with van der Waals surface area (Å²) in [5.41, 5.74) is 4.54. The van der Waals surface area contributed by atoms with E-state index in [1.807, 2.05) is 31.2 Å². The number of rotatable bonds is 4. The quantitative estimate of drug-likeness (QED) is 0.675. The number of ether oxygens (including phenoxy) is 1. The van der Waals surface area contributed by atoms with Crippen LogP contribution in [-0.2, 0) is 6.61 Å². The predicted molar refractivity (Wildman–Crippen MR) is 87.8 cm³/mol. The van der Waals surface area contributed by atoms with Gasteiger partial charge in [0.25, 0.3) is 0 Å². The molecule has 0 saturated carbocycles. The van der Waals surface area contributed by atoms with Crippen molar-refractivity contribution in [2.75, 3.05) is 0 Å². The van der Waals surface area contributed by atoms with Gasteiger partial charge in [-0.1, -0.05) is 48.0 Å². The first kappa shape index (κ1) is 13.8. The SMILES string of the molecule is Cc1ccc(-c2nc(COc3ccccc3C)cs2)cc1. The molecular formula is C18H17NOS. The van der Waals surface area contributed by atoms with E-state index in [0.29, 0.717) is 6.61 Å². The van der Waals surface area contributed by atoms with Crippen molar-refractivity contribution < 1.29 is 4.74 Å². The number of para-hydroxylation sites is 1. The number of hydrogen-bond donors (Lipinski definition) is 0. The summed E-state index contributed by atoms with van der Waals surface area (Å²) in [6.45, 7) is 4.65. The maximum Gasteiger partial charge on any atom is 0.131 e. The number of thiazole rings is 1. The molecule has 106 valence electrons. The first-order valence-electron chi connectivity index (χ1n) is 6.92. The lowest BCUT2D eigenvalue weighted by atomic mass is 10.2. The zero-order valence-corrected chi connectivity index (χ0v) is 13.0. The molecule has 0 unspecified atom stereocenters. The van der Waals surface area contributed by atoms with Gasteiger partial charge in [-0.15, -0.1) is 11.3 Å². The topological polar surface area (TPSA) is 22.1 Å². The molecule has 0 aliphatic carbocycles. The van der Waals surface area contributed by atoms with E-state index in [1.54, 1.807) is 11.3 Å². The van der Waals surface area contributed by atoms with Gasteiger partial charge in [-0.25, -0.2) is 4.98 Å². The van der Waals surface area contributed by atoms with Crippen molar-refractivity contribution in [3.8, 4) is 16.3 Å². The minimum Gasteiger partial charge on any atom is -0.487 e. The van der Waals surface area contributed by atoms with Crippen LogP contribution in [0.25, 0.3) is 10.6 Å². The molecule has 0 aliphatic heterocycles. The fourth-order valence-corrected chi connectivity index (χ4v) is 2.88. The lowest BCUT2D eigenvalue weighted by molar-refractivity contribution is 0.300. The van der Waals surface area contributed by atoms with Crippen molar-refractivity contribution in [1.82, 2.24) is 4.98 Å². The van der Waals surface area contributed by atoms with Crippen LogP contribution in [-0.4, -0.2) is 4.98 Å². The van der Waals surface area contributed by atoms with Gasteiger partial charge >= 0.3 is 0 Å². The number of benzene rings is 2. The van der Waals surface area contributed by atoms with Crippen LogP contribution in [0.1, 0.15) is 16.8 Å². The Labute approximate surface area is 129 Å². The fourth-order valence-electron chi connectivity index (χ4n) is 2.07. The summed E-state index contributed by atoms with van der Waals surface area (Å²) in [5, 5.41) is 3.10. The van der Waals surface area contributed by atoms with Gasteiger partial charge in [0.15, 0.2) is 0 Å². The number of aromatic nitrogens is 1. The predicted octanol–water partition coefficient (Wildman–Crippen LogP) is 5.01. The summed E-state index contributed by atoms with van der Waals surface area (Å²) < 4.78 is 5.84. The second-order valence-electron chi connectivity index (χ2n) is 5.06. The van der Waals surface area contributed by atoms with Gasteiger partial charge in [-0.2, -0.15) is 0 Å². The van der Waals surface area contributed by atoms with E-state index in [2.05, 4.69) is 41.6 Å². The summed E-state index contributed by atoms with van der Waals surface area (Å²) >= 11 is 1.66. The van der Waals surface area contributed by atoms with E-state index in [0.717, 1.165) is 27.6 Å². The van der Waals surface area contributed by atoms with E-state index < -0.39 is 0 Å². The first-order valence-corrected chi connectivity index (χ1v) is 7.80. The van der Waals surface area contributed by atoms with Crippen LogP contribution in [0.5, 0.6) is 5.75 Å². The smallest absolute Gasteiger partial charge is 0.131 e. The molecule has 0 bridgehead atoms. The molecule has 21 heavy (non-hydrogen) atoms. The summed E-state index contributed by atoms with van der Waals surface area (Å²) in [7, 11) is 0. The monoisotopic (exact) mass is 295 g/mol. The third kappa shape index (κ3) is 3.31. The molecule has 3 heteroatoms. The highest BCUT2D eigenvalue weighted by Crippen LogP contribution is 2.25. The largest absolute Gasteiger partial charge is 0.487 e. The average molecular weight is 295 g/mol. The molecule has 0 spiro atoms. The van der Waals surface area contributed by atoms with Crippen molar-refractivity contribution in [3.63, 3.8) is 0 Å². The summed E-state index contributed by atoms with van der Waals surface area (Å²) in [4.78, 5) is 4.65. The normalized spacial score (nSPS) is 10.6. The summed E-state index contributed by atoms with van der Waals surface area (Å²) in [6.07, 6.45) is 0. The fraction of sp³-hybridized carbons (Fsp3) is 0.167. The van der Waals surface area contributed by atoms with Crippen LogP contribution >= 0.6 is 11.3 Å². The van der Waals surface area contributed by atoms with Crippen molar-refractivity contribution in [2.24, 2.45) is 0 Å². The molecule has 0 saturated heterocycles. The van der Waals surface area contributed by atoms with E-state index >= 15 is 0 Å². The molecule has 3 aromatic rings. The second kappa shape index (κ2) is 6.10. The van der Waals surface area contributed by atoms with Gasteiger partial charge < -0.3 is 4.74 Å². The molecule has 0 aliphatic rings. The summed E-state index contributed by atoms with van der Waals surface area (Å²) in [6, 6.07) is 16.5. The standard InChI is InChI=1S/C18H17NOS/c1-13-7-9-15(10-8-13)18-19-16(12-21-18)11-20-17-6-4-3-5-14(17)2/h3-10,12H,11H2,1-2H3. The van der Waals surface area contributed by atoms with Gasteiger partial charge in [0, 0.05) is 10.9 Å². The Bertz CT molecular complexity index is 731. The molecule has 0 fully saturated rings. The number of nitrogens with zero attached hydrogens (tertiary/aromatic N) is 1. The Morgan fingerprint density at radius 3 is 2.52 bits per heavy atom. The third-order valence-electron chi connectivity index (χ3n) is 3.32. The molecule has 0 amide bonds. The van der Waals surface area contributed by atoms with E-state index in [1.165, 1.54) is 5.56 Å². The van der Waals surface area contributed by atoms with E-state index in [-0.39, 0.29) is 0 Å². The lowest BCUT2D eigenvalue weighted by Crippen LogP contribution is -1.97. The minimum absolute atomic E-state index is 0.507. The van der Waals surface area contributed by atoms with Gasteiger partial charge in [-0.05, 0) is 25.5 Å². The molecule has 0 radical (unpaired) electrons. The Kier molecular flexibility index (Phi) is 4.02. The number of hydrogen-bond acceptors (Lipinski definition) is 3. The van der Waals surface area contributed by atoms with Crippen LogP contribution in [0.3, 0.4) is 0 Å². The van der Waals surface area contributed by atoms with E-state index in [9.17, 15) is 0 Å². The minimum atomic E-state index is 0.507. The lowest BCUT2D eigenvalue weighted by Gasteiger charge is -2.06. The Balaban J connectivity index is 1.71. The van der Waals surface area contributed by atoms with Crippen LogP contribution in [0, 0.1) is 13.8 Å². The van der Waals surface area contributed by atoms with Crippen molar-refractivity contribution in [1.29, 1.82) is 0 Å². The molecule has 3 rings (SSSR count). The summed E-state index contributed by atoms with van der Waals surface area (Å²) in [5.74, 6) is 0.919. The number of aryl methyl sites for hydroxylation is 2. The van der Waals surface area contributed by atoms with Crippen LogP contribution < -0.4 is 4.74 Å². The zero-order chi connectivity index (χ0) is 14.7. The first-order chi connectivity index (χ1) is 10.2. The van der Waals surface area contributed by atoms with Gasteiger partial charge in [0.1, 0.15) is 17.4 Å². The highest BCUT2D eigenvalue weighted by atomic mass is 32.1. The maximum absolute atomic E-state index is 5.84.